The van der Waals surface area contributed by atoms with Gasteiger partial charge in [0.05, 0.1) is 24.6 Å². The molecule has 0 N–H and O–H groups in total. The molecule has 0 saturated heterocycles. The zero-order valence-corrected chi connectivity index (χ0v) is 24.5. The number of hydrogen-bond donors (Lipinski definition) is 0. The van der Waals surface area contributed by atoms with Gasteiger partial charge in [-0.05, 0) is 57.9 Å². The van der Waals surface area contributed by atoms with Crippen LogP contribution in [0, 0.1) is 0 Å². The Kier molecular flexibility index (Phi) is 7.81. The number of ether oxygens (including phenoxy) is 2. The third-order valence-corrected chi connectivity index (χ3v) is 9.28. The van der Waals surface area contributed by atoms with Crippen LogP contribution in [0.3, 0.4) is 0 Å². The molecule has 0 radical (unpaired) electrons. The van der Waals surface area contributed by atoms with Gasteiger partial charge in [-0.3, -0.25) is 0 Å². The summed E-state index contributed by atoms with van der Waals surface area (Å²) < 4.78 is 13.1. The lowest BCUT2D eigenvalue weighted by Gasteiger charge is -2.20. The van der Waals surface area contributed by atoms with E-state index in [2.05, 4.69) is 95.2 Å². The molecule has 1 aliphatic heterocycles. The second-order valence-electron chi connectivity index (χ2n) is 9.85. The Labute approximate surface area is 253 Å². The highest BCUT2D eigenvalue weighted by Gasteiger charge is 2.19. The first kappa shape index (κ1) is 26.6. The van der Waals surface area contributed by atoms with E-state index in [9.17, 15) is 0 Å². The molecule has 4 nitrogen and oxygen atoms in total. The Bertz CT molecular complexity index is 1780. The van der Waals surface area contributed by atoms with Crippen LogP contribution < -0.4 is 9.47 Å². The Morgan fingerprint density at radius 1 is 0.452 bits per heavy atom. The third-order valence-electron chi connectivity index (χ3n) is 7.22. The Hall–Kier alpha value is -4.26. The molecule has 0 bridgehead atoms. The largest absolute Gasteiger partial charge is 0.492 e. The minimum absolute atomic E-state index is 0.544. The van der Waals surface area contributed by atoms with E-state index < -0.39 is 0 Å². The number of fused-ring (bicyclic) bond motifs is 9. The van der Waals surface area contributed by atoms with Crippen molar-refractivity contribution < 1.29 is 9.47 Å². The molecule has 42 heavy (non-hydrogen) atoms. The van der Waals surface area contributed by atoms with E-state index in [1.54, 1.807) is 23.5 Å². The zero-order valence-electron chi connectivity index (χ0n) is 22.9. The van der Waals surface area contributed by atoms with Gasteiger partial charge in [0.1, 0.15) is 11.5 Å². The SMILES string of the molecule is c1ccc2c(c1)N=Nc1ccccc1SCCOc1ccc3ccccc3c1-c1c(ccc3ccccc13)OCCS2. The van der Waals surface area contributed by atoms with Crippen molar-refractivity contribution in [1.82, 2.24) is 0 Å². The van der Waals surface area contributed by atoms with Crippen LogP contribution in [-0.4, -0.2) is 24.7 Å². The van der Waals surface area contributed by atoms with Gasteiger partial charge in [-0.15, -0.1) is 33.8 Å². The molecule has 0 atom stereocenters. The highest BCUT2D eigenvalue weighted by molar-refractivity contribution is 7.99. The van der Waals surface area contributed by atoms with E-state index >= 15 is 0 Å². The number of rotatable bonds is 0. The van der Waals surface area contributed by atoms with E-state index in [4.69, 9.17) is 9.47 Å². The van der Waals surface area contributed by atoms with Gasteiger partial charge in [0.25, 0.3) is 0 Å². The van der Waals surface area contributed by atoms with Crippen molar-refractivity contribution in [3.8, 4) is 22.6 Å². The molecule has 1 aliphatic rings. The monoisotopic (exact) mass is 584 g/mol. The highest BCUT2D eigenvalue weighted by atomic mass is 32.2. The van der Waals surface area contributed by atoms with Crippen molar-refractivity contribution in [3.63, 3.8) is 0 Å². The van der Waals surface area contributed by atoms with E-state index in [1.165, 1.54) is 10.8 Å². The third kappa shape index (κ3) is 5.48. The molecule has 6 aromatic carbocycles. The first-order chi connectivity index (χ1) is 20.8. The van der Waals surface area contributed by atoms with Crippen molar-refractivity contribution >= 4 is 56.4 Å². The van der Waals surface area contributed by atoms with Gasteiger partial charge in [0.15, 0.2) is 0 Å². The molecule has 0 saturated carbocycles. The lowest BCUT2D eigenvalue weighted by molar-refractivity contribution is 0.341. The van der Waals surface area contributed by atoms with E-state index in [1.807, 2.05) is 36.4 Å². The van der Waals surface area contributed by atoms with Crippen molar-refractivity contribution in [2.24, 2.45) is 10.2 Å². The van der Waals surface area contributed by atoms with Crippen LogP contribution in [0.2, 0.25) is 0 Å². The summed E-state index contributed by atoms with van der Waals surface area (Å²) in [6, 6.07) is 41.8. The van der Waals surface area contributed by atoms with E-state index in [-0.39, 0.29) is 0 Å². The van der Waals surface area contributed by atoms with Gasteiger partial charge in [-0.2, -0.15) is 0 Å². The molecule has 0 unspecified atom stereocenters. The Morgan fingerprint density at radius 2 is 0.881 bits per heavy atom. The van der Waals surface area contributed by atoms with Gasteiger partial charge < -0.3 is 9.47 Å². The van der Waals surface area contributed by atoms with Crippen LogP contribution in [0.15, 0.2) is 141 Å². The highest BCUT2D eigenvalue weighted by Crippen LogP contribution is 2.46. The number of thioether (sulfide) groups is 2. The van der Waals surface area contributed by atoms with Crippen LogP contribution >= 0.6 is 23.5 Å². The van der Waals surface area contributed by atoms with Crippen molar-refractivity contribution in [1.29, 1.82) is 0 Å². The summed E-state index contributed by atoms with van der Waals surface area (Å²) >= 11 is 3.46. The van der Waals surface area contributed by atoms with Gasteiger partial charge in [0.2, 0.25) is 0 Å². The average Bonchev–Trinajstić information content (AvgIpc) is 3.04. The fraction of sp³-hybridized carbons (Fsp3) is 0.111. The fourth-order valence-electron chi connectivity index (χ4n) is 5.30. The van der Waals surface area contributed by atoms with Gasteiger partial charge >= 0.3 is 0 Å². The van der Waals surface area contributed by atoms with Crippen LogP contribution in [-0.2, 0) is 0 Å². The standard InChI is InChI=1S/C36H28N2O2S2/c1-3-11-27-25(9-1)17-19-31-35(27)36-28-12-4-2-10-26(28)18-20-32(36)40-22-24-42-34-16-8-6-14-30(34)38-37-29-13-5-7-15-33(29)41-23-21-39-31/h1-20H,21-24H2. The number of hydrogen-bond acceptors (Lipinski definition) is 6. The second kappa shape index (κ2) is 12.3. The minimum atomic E-state index is 0.544. The lowest BCUT2D eigenvalue weighted by atomic mass is 9.92. The summed E-state index contributed by atoms with van der Waals surface area (Å²) in [5.74, 6) is 3.25. The summed E-state index contributed by atoms with van der Waals surface area (Å²) in [5, 5.41) is 13.9. The maximum Gasteiger partial charge on any atom is 0.127 e. The number of benzene rings is 6. The quantitative estimate of drug-likeness (QED) is 0.178. The number of nitrogens with zero attached hydrogens (tertiary/aromatic N) is 2. The predicted octanol–water partition coefficient (Wildman–Crippen LogP) is 10.7. The molecule has 0 fully saturated rings. The molecule has 1 heterocycles. The molecule has 206 valence electrons. The van der Waals surface area contributed by atoms with Gasteiger partial charge in [-0.25, -0.2) is 0 Å². The molecule has 0 aromatic heterocycles. The lowest BCUT2D eigenvalue weighted by Crippen LogP contribution is -2.04. The molecule has 7 rings (SSSR count). The van der Waals surface area contributed by atoms with Crippen LogP contribution in [0.1, 0.15) is 0 Å². The maximum absolute atomic E-state index is 6.57. The first-order valence-electron chi connectivity index (χ1n) is 14.0. The molecule has 6 heteroatoms. The summed E-state index contributed by atoms with van der Waals surface area (Å²) in [6.07, 6.45) is 0. The summed E-state index contributed by atoms with van der Waals surface area (Å²) in [4.78, 5) is 2.17. The summed E-state index contributed by atoms with van der Waals surface area (Å²) in [6.45, 7) is 1.09. The molecular weight excluding hydrogens is 557 g/mol. The van der Waals surface area contributed by atoms with Crippen LogP contribution in [0.4, 0.5) is 11.4 Å². The van der Waals surface area contributed by atoms with Gasteiger partial charge in [0, 0.05) is 32.4 Å². The topological polar surface area (TPSA) is 43.2 Å². The number of azo groups is 1. The van der Waals surface area contributed by atoms with Crippen LogP contribution in [0.5, 0.6) is 11.5 Å². The van der Waals surface area contributed by atoms with E-state index in [0.717, 1.165) is 66.1 Å². The van der Waals surface area contributed by atoms with Crippen molar-refractivity contribution in [2.45, 2.75) is 9.79 Å². The first-order valence-corrected chi connectivity index (χ1v) is 16.0. The molecule has 0 aliphatic carbocycles. The smallest absolute Gasteiger partial charge is 0.127 e. The fourth-order valence-corrected chi connectivity index (χ4v) is 6.93. The minimum Gasteiger partial charge on any atom is -0.492 e. The maximum atomic E-state index is 6.57. The average molecular weight is 585 g/mol. The Morgan fingerprint density at radius 3 is 1.38 bits per heavy atom. The van der Waals surface area contributed by atoms with Crippen molar-refractivity contribution in [2.75, 3.05) is 24.7 Å². The second-order valence-corrected chi connectivity index (χ2v) is 12.1. The molecule has 0 spiro atoms. The molecule has 0 amide bonds. The summed E-state index contributed by atoms with van der Waals surface area (Å²) in [5.41, 5.74) is 3.86. The van der Waals surface area contributed by atoms with Crippen molar-refractivity contribution in [3.05, 3.63) is 121 Å². The summed E-state index contributed by atoms with van der Waals surface area (Å²) in [7, 11) is 0. The van der Waals surface area contributed by atoms with E-state index in [0.29, 0.717) is 13.2 Å². The zero-order chi connectivity index (χ0) is 28.1. The normalized spacial score (nSPS) is 13.9. The van der Waals surface area contributed by atoms with Crippen LogP contribution in [0.25, 0.3) is 32.7 Å². The molecule has 6 aromatic rings. The van der Waals surface area contributed by atoms with Gasteiger partial charge in [-0.1, -0.05) is 84.9 Å². The molecular formula is C36H28N2O2S2. The predicted molar refractivity (Wildman–Crippen MR) is 176 cm³/mol. The Balaban J connectivity index is 1.36.